The van der Waals surface area contributed by atoms with E-state index in [2.05, 4.69) is 5.32 Å². The molecule has 0 fully saturated rings. The van der Waals surface area contributed by atoms with Crippen LogP contribution in [0.3, 0.4) is 0 Å². The van der Waals surface area contributed by atoms with Crippen LogP contribution in [0.15, 0.2) is 59.9 Å². The molecule has 1 aliphatic heterocycles. The van der Waals surface area contributed by atoms with Crippen molar-refractivity contribution in [2.45, 2.75) is 41.2 Å². The summed E-state index contributed by atoms with van der Waals surface area (Å²) in [6.45, 7) is 10.2. The minimum atomic E-state index is -0.322. The van der Waals surface area contributed by atoms with Crippen molar-refractivity contribution in [2.24, 2.45) is 0 Å². The van der Waals surface area contributed by atoms with Gasteiger partial charge in [-0.3, -0.25) is 0 Å². The maximum absolute atomic E-state index is 13.1. The summed E-state index contributed by atoms with van der Waals surface area (Å²) in [7, 11) is 1.63. The number of benzene rings is 1. The first kappa shape index (κ1) is 20.8. The summed E-state index contributed by atoms with van der Waals surface area (Å²) in [5.41, 5.74) is 1.81. The molecule has 0 aromatic heterocycles. The molecule has 0 saturated heterocycles. The number of hydrogen-bond donors (Lipinski definition) is 1. The van der Waals surface area contributed by atoms with E-state index in [0.29, 0.717) is 12.5 Å². The van der Waals surface area contributed by atoms with Crippen molar-refractivity contribution in [3.05, 3.63) is 65.5 Å². The maximum atomic E-state index is 13.1. The van der Waals surface area contributed by atoms with E-state index < -0.39 is 0 Å². The van der Waals surface area contributed by atoms with Crippen molar-refractivity contribution in [1.82, 2.24) is 5.32 Å². The topological polar surface area (TPSA) is 30.5 Å². The zero-order valence-electron chi connectivity index (χ0n) is 14.9. The molecular weight excluding hydrogens is 293 g/mol. The number of hydrogen-bond acceptors (Lipinski definition) is 3. The molecule has 1 N–H and O–H groups in total. The van der Waals surface area contributed by atoms with Gasteiger partial charge in [-0.2, -0.15) is 0 Å². The lowest BCUT2D eigenvalue weighted by atomic mass is 10.2. The van der Waals surface area contributed by atoms with Gasteiger partial charge in [-0.15, -0.1) is 0 Å². The molecule has 0 spiro atoms. The molecule has 0 aliphatic carbocycles. The Morgan fingerprint density at radius 3 is 2.17 bits per heavy atom. The van der Waals surface area contributed by atoms with E-state index in [4.69, 9.17) is 9.47 Å². The highest BCUT2D eigenvalue weighted by molar-refractivity contribution is 5.30. The summed E-state index contributed by atoms with van der Waals surface area (Å²) >= 11 is 0. The third-order valence-corrected chi connectivity index (χ3v) is 2.63. The van der Waals surface area contributed by atoms with Crippen molar-refractivity contribution in [2.75, 3.05) is 7.11 Å². The quantitative estimate of drug-likeness (QED) is 0.798. The molecule has 0 saturated carbocycles. The van der Waals surface area contributed by atoms with Crippen molar-refractivity contribution >= 4 is 0 Å². The van der Waals surface area contributed by atoms with E-state index in [0.717, 1.165) is 16.9 Å². The van der Waals surface area contributed by atoms with Crippen LogP contribution >= 0.6 is 0 Å². The van der Waals surface area contributed by atoms with Crippen molar-refractivity contribution in [1.29, 1.82) is 0 Å². The molecular formula is C19H28FNO2. The van der Waals surface area contributed by atoms with Crippen LogP contribution in [0.4, 0.5) is 4.39 Å². The highest BCUT2D eigenvalue weighted by Crippen LogP contribution is 2.15. The largest absolute Gasteiger partial charge is 0.497 e. The molecule has 1 aliphatic rings. The Hall–Kier alpha value is -2.23. The third-order valence-electron chi connectivity index (χ3n) is 2.63. The SMILES string of the molecule is CC.CC.COc1ccc(COC2=CC(C)=CC(F)=CN2)cc1. The van der Waals surface area contributed by atoms with E-state index in [9.17, 15) is 4.39 Å². The van der Waals surface area contributed by atoms with Crippen LogP contribution in [0, 0.1) is 0 Å². The molecule has 3 nitrogen and oxygen atoms in total. The van der Waals surface area contributed by atoms with Crippen molar-refractivity contribution in [3.8, 4) is 5.75 Å². The van der Waals surface area contributed by atoms with Gasteiger partial charge in [0.25, 0.3) is 0 Å². The summed E-state index contributed by atoms with van der Waals surface area (Å²) in [4.78, 5) is 0. The minimum Gasteiger partial charge on any atom is -0.497 e. The minimum absolute atomic E-state index is 0.322. The molecule has 0 unspecified atom stereocenters. The predicted molar refractivity (Wildman–Crippen MR) is 94.6 cm³/mol. The third kappa shape index (κ3) is 8.10. The smallest absolute Gasteiger partial charge is 0.191 e. The van der Waals surface area contributed by atoms with Gasteiger partial charge in [0.1, 0.15) is 18.2 Å². The Labute approximate surface area is 139 Å². The molecule has 23 heavy (non-hydrogen) atoms. The first-order valence-corrected chi connectivity index (χ1v) is 7.95. The van der Waals surface area contributed by atoms with Gasteiger partial charge in [0, 0.05) is 12.3 Å². The Morgan fingerprint density at radius 2 is 1.61 bits per heavy atom. The van der Waals surface area contributed by atoms with Crippen LogP contribution in [0.25, 0.3) is 0 Å². The second-order valence-corrected chi connectivity index (χ2v) is 4.21. The van der Waals surface area contributed by atoms with Gasteiger partial charge >= 0.3 is 0 Å². The fraction of sp³-hybridized carbons (Fsp3) is 0.368. The number of rotatable bonds is 4. The molecule has 0 atom stereocenters. The average molecular weight is 321 g/mol. The molecule has 0 amide bonds. The van der Waals surface area contributed by atoms with E-state index in [1.165, 1.54) is 12.3 Å². The van der Waals surface area contributed by atoms with Gasteiger partial charge < -0.3 is 14.8 Å². The van der Waals surface area contributed by atoms with Crippen LogP contribution in [0.5, 0.6) is 5.75 Å². The second kappa shape index (κ2) is 12.3. The van der Waals surface area contributed by atoms with Crippen LogP contribution in [-0.4, -0.2) is 7.11 Å². The van der Waals surface area contributed by atoms with Gasteiger partial charge in [-0.1, -0.05) is 39.8 Å². The van der Waals surface area contributed by atoms with Gasteiger partial charge in [-0.05, 0) is 36.3 Å². The summed E-state index contributed by atoms with van der Waals surface area (Å²) in [6.07, 6.45) is 4.47. The Morgan fingerprint density at radius 1 is 1.00 bits per heavy atom. The Balaban J connectivity index is 0.00000112. The lowest BCUT2D eigenvalue weighted by molar-refractivity contribution is 0.184. The number of methoxy groups -OCH3 is 1. The highest BCUT2D eigenvalue weighted by atomic mass is 19.1. The van der Waals surface area contributed by atoms with Crippen LogP contribution < -0.4 is 10.1 Å². The van der Waals surface area contributed by atoms with Crippen molar-refractivity contribution in [3.63, 3.8) is 0 Å². The van der Waals surface area contributed by atoms with Gasteiger partial charge in [0.2, 0.25) is 0 Å². The van der Waals surface area contributed by atoms with Crippen LogP contribution in [0.1, 0.15) is 40.2 Å². The predicted octanol–water partition coefficient (Wildman–Crippen LogP) is 5.47. The Bertz CT molecular complexity index is 531. The van der Waals surface area contributed by atoms with E-state index in [1.807, 2.05) is 58.9 Å². The molecule has 2 rings (SSSR count). The number of ether oxygens (including phenoxy) is 2. The normalized spacial score (nSPS) is 12.6. The standard InChI is InChI=1S/C15H16FNO2.2C2H6/c1-11-7-13(16)9-17-15(8-11)19-10-12-3-5-14(18-2)6-4-12;2*1-2/h3-9,17H,10H2,1-2H3;2*1-2H3. The summed E-state index contributed by atoms with van der Waals surface area (Å²) in [5, 5.41) is 2.78. The summed E-state index contributed by atoms with van der Waals surface area (Å²) in [6, 6.07) is 7.60. The average Bonchev–Trinajstić information content (AvgIpc) is 2.77. The maximum Gasteiger partial charge on any atom is 0.191 e. The monoisotopic (exact) mass is 321 g/mol. The molecule has 1 aromatic rings. The molecule has 1 heterocycles. The van der Waals surface area contributed by atoms with Crippen molar-refractivity contribution < 1.29 is 13.9 Å². The number of allylic oxidation sites excluding steroid dienone is 4. The molecule has 0 bridgehead atoms. The first-order valence-electron chi connectivity index (χ1n) is 7.95. The van der Waals surface area contributed by atoms with Gasteiger partial charge in [0.05, 0.1) is 7.11 Å². The molecule has 1 aromatic carbocycles. The lowest BCUT2D eigenvalue weighted by Gasteiger charge is -2.10. The van der Waals surface area contributed by atoms with Gasteiger partial charge in [-0.25, -0.2) is 4.39 Å². The zero-order valence-corrected chi connectivity index (χ0v) is 14.9. The Kier molecular flexibility index (Phi) is 11.1. The molecule has 0 radical (unpaired) electrons. The van der Waals surface area contributed by atoms with E-state index in [1.54, 1.807) is 13.2 Å². The highest BCUT2D eigenvalue weighted by Gasteiger charge is 2.03. The summed E-state index contributed by atoms with van der Waals surface area (Å²) < 4.78 is 23.8. The first-order chi connectivity index (χ1) is 11.2. The van der Waals surface area contributed by atoms with E-state index >= 15 is 0 Å². The van der Waals surface area contributed by atoms with Crippen LogP contribution in [0.2, 0.25) is 0 Å². The summed E-state index contributed by atoms with van der Waals surface area (Å²) in [5.74, 6) is 1.01. The zero-order chi connectivity index (χ0) is 17.7. The van der Waals surface area contributed by atoms with Crippen LogP contribution in [-0.2, 0) is 11.3 Å². The van der Waals surface area contributed by atoms with Gasteiger partial charge in [0.15, 0.2) is 5.88 Å². The fourth-order valence-electron chi connectivity index (χ4n) is 1.66. The molecule has 4 heteroatoms. The lowest BCUT2D eigenvalue weighted by Crippen LogP contribution is -2.08. The number of nitrogens with one attached hydrogen (secondary N) is 1. The number of halogens is 1. The second-order valence-electron chi connectivity index (χ2n) is 4.21. The van der Waals surface area contributed by atoms with E-state index in [-0.39, 0.29) is 5.83 Å². The fourth-order valence-corrected chi connectivity index (χ4v) is 1.66. The molecule has 128 valence electrons.